The number of rotatable bonds is 5. The third-order valence-corrected chi connectivity index (χ3v) is 9.34. The van der Waals surface area contributed by atoms with Gasteiger partial charge in [-0.1, -0.05) is 23.7 Å². The summed E-state index contributed by atoms with van der Waals surface area (Å²) >= 11 is 9.93. The maximum atomic E-state index is 12.9. The lowest BCUT2D eigenvalue weighted by atomic mass is 10.1. The molecule has 1 fully saturated rings. The van der Waals surface area contributed by atoms with Gasteiger partial charge in [-0.05, 0) is 90.3 Å². The number of aliphatic imine (C=N–C) groups is 1. The van der Waals surface area contributed by atoms with Crippen LogP contribution in [0.1, 0.15) is 26.5 Å². The quantitative estimate of drug-likeness (QED) is 0.163. The molecule has 5 aromatic rings. The highest BCUT2D eigenvalue weighted by Gasteiger charge is 2.36. The van der Waals surface area contributed by atoms with Gasteiger partial charge in [0, 0.05) is 11.1 Å². The Morgan fingerprint density at radius 1 is 0.951 bits per heavy atom. The molecule has 1 N–H and O–H groups in total. The number of carbonyl (C=O) groups excluding carboxylic acids is 3. The highest BCUT2D eigenvalue weighted by Crippen LogP contribution is 2.38. The van der Waals surface area contributed by atoms with E-state index in [9.17, 15) is 14.4 Å². The summed E-state index contributed by atoms with van der Waals surface area (Å²) in [6, 6.07) is 22.8. The Morgan fingerprint density at radius 2 is 1.71 bits per heavy atom. The van der Waals surface area contributed by atoms with Crippen molar-refractivity contribution in [2.24, 2.45) is 4.99 Å². The maximum absolute atomic E-state index is 12.9. The van der Waals surface area contributed by atoms with Gasteiger partial charge in [0.15, 0.2) is 14.6 Å². The Morgan fingerprint density at radius 3 is 2.46 bits per heavy atom. The number of nitrogens with one attached hydrogen (secondary N) is 1. The Balaban J connectivity index is 1.07. The number of fused-ring (bicyclic) bond motifs is 2. The van der Waals surface area contributed by atoms with E-state index in [-0.39, 0.29) is 17.7 Å². The normalized spacial score (nSPS) is 16.8. The minimum atomic E-state index is -0.334. The average molecular weight is 615 g/mol. The van der Waals surface area contributed by atoms with E-state index in [1.54, 1.807) is 78.9 Å². The summed E-state index contributed by atoms with van der Waals surface area (Å²) in [6.45, 7) is 0. The Kier molecular flexibility index (Phi) is 6.51. The van der Waals surface area contributed by atoms with Crippen molar-refractivity contribution in [3.63, 3.8) is 0 Å². The van der Waals surface area contributed by atoms with Crippen LogP contribution >= 0.6 is 46.5 Å². The van der Waals surface area contributed by atoms with Crippen LogP contribution in [0.25, 0.3) is 16.3 Å². The summed E-state index contributed by atoms with van der Waals surface area (Å²) in [7, 11) is 0. The summed E-state index contributed by atoms with van der Waals surface area (Å²) in [4.78, 5) is 49.0. The first-order valence-electron chi connectivity index (χ1n) is 12.1. The van der Waals surface area contributed by atoms with Gasteiger partial charge in [-0.2, -0.15) is 0 Å². The SMILES string of the molecule is O=C1NC(=Nc2ccc(Cl)cc2)S/C1=C\c1ccc(Sc2nc3ccc(N4C(=O)c5ccccc5C4=O)cc3s2)o1. The molecule has 2 aliphatic rings. The number of benzene rings is 3. The fourth-order valence-electron chi connectivity index (χ4n) is 4.29. The molecule has 0 bridgehead atoms. The molecule has 0 unspecified atom stereocenters. The number of furan rings is 1. The molecule has 3 amide bonds. The molecule has 12 heteroatoms. The molecule has 0 radical (unpaired) electrons. The zero-order chi connectivity index (χ0) is 28.1. The number of halogens is 1. The van der Waals surface area contributed by atoms with Crippen molar-refractivity contribution in [3.05, 3.63) is 106 Å². The minimum Gasteiger partial charge on any atom is -0.450 e. The number of thiazole rings is 1. The molecule has 0 saturated carbocycles. The van der Waals surface area contributed by atoms with Crippen molar-refractivity contribution in [1.82, 2.24) is 10.3 Å². The van der Waals surface area contributed by atoms with Crippen LogP contribution in [0.5, 0.6) is 0 Å². The number of hydrogen-bond donors (Lipinski definition) is 1. The number of hydrogen-bond acceptors (Lipinski definition) is 9. The van der Waals surface area contributed by atoms with Crippen LogP contribution in [0.4, 0.5) is 11.4 Å². The predicted molar refractivity (Wildman–Crippen MR) is 162 cm³/mol. The van der Waals surface area contributed by atoms with E-state index in [4.69, 9.17) is 16.0 Å². The third kappa shape index (κ3) is 4.97. The second kappa shape index (κ2) is 10.3. The zero-order valence-electron chi connectivity index (χ0n) is 20.7. The van der Waals surface area contributed by atoms with Gasteiger partial charge in [-0.15, -0.1) is 11.3 Å². The number of thioether (sulfide) groups is 1. The van der Waals surface area contributed by atoms with Crippen LogP contribution in [-0.4, -0.2) is 27.9 Å². The number of amides is 3. The Labute approximate surface area is 250 Å². The van der Waals surface area contributed by atoms with Crippen LogP contribution < -0.4 is 10.2 Å². The van der Waals surface area contributed by atoms with E-state index < -0.39 is 0 Å². The topological polar surface area (TPSA) is 105 Å². The fraction of sp³-hybridized carbons (Fsp3) is 0. The van der Waals surface area contributed by atoms with Gasteiger partial charge in [0.25, 0.3) is 17.7 Å². The smallest absolute Gasteiger partial charge is 0.266 e. The highest BCUT2D eigenvalue weighted by atomic mass is 35.5. The molecule has 0 spiro atoms. The van der Waals surface area contributed by atoms with E-state index >= 15 is 0 Å². The summed E-state index contributed by atoms with van der Waals surface area (Å²) in [6.07, 6.45) is 1.67. The van der Waals surface area contributed by atoms with Crippen molar-refractivity contribution >= 4 is 97.0 Å². The number of carbonyl (C=O) groups is 3. The molecular formula is C29H15ClN4O4S3. The molecule has 0 atom stereocenters. The van der Waals surface area contributed by atoms with E-state index in [0.29, 0.717) is 48.4 Å². The molecule has 7 rings (SSSR count). The van der Waals surface area contributed by atoms with Crippen LogP contribution in [0.3, 0.4) is 0 Å². The van der Waals surface area contributed by atoms with Crippen LogP contribution in [0.2, 0.25) is 5.02 Å². The second-order valence-electron chi connectivity index (χ2n) is 8.84. The van der Waals surface area contributed by atoms with Gasteiger partial charge >= 0.3 is 0 Å². The van der Waals surface area contributed by atoms with Crippen molar-refractivity contribution in [2.45, 2.75) is 9.43 Å². The van der Waals surface area contributed by atoms with Crippen molar-refractivity contribution in [2.75, 3.05) is 4.90 Å². The summed E-state index contributed by atoms with van der Waals surface area (Å²) in [5, 5.41) is 4.45. The Hall–Kier alpha value is -4.16. The molecule has 0 aliphatic carbocycles. The maximum Gasteiger partial charge on any atom is 0.266 e. The van der Waals surface area contributed by atoms with Crippen LogP contribution in [0, 0.1) is 0 Å². The number of imide groups is 1. The molecule has 1 saturated heterocycles. The summed E-state index contributed by atoms with van der Waals surface area (Å²) in [5.74, 6) is -0.405. The lowest BCUT2D eigenvalue weighted by molar-refractivity contribution is -0.115. The van der Waals surface area contributed by atoms with Gasteiger partial charge in [-0.3, -0.25) is 14.4 Å². The fourth-order valence-corrected chi connectivity index (χ4v) is 7.24. The number of anilines is 1. The molecule has 200 valence electrons. The third-order valence-electron chi connectivity index (χ3n) is 6.18. The van der Waals surface area contributed by atoms with E-state index in [2.05, 4.69) is 15.3 Å². The molecule has 3 aromatic carbocycles. The predicted octanol–water partition coefficient (Wildman–Crippen LogP) is 7.39. The molecule has 8 nitrogen and oxygen atoms in total. The standard InChI is InChI=1S/C29H15ClN4O4S3/c30-15-5-7-16(8-6-15)31-28-33-25(35)23(39-28)14-18-10-12-24(38-18)41-29-32-21-11-9-17(13-22(21)40-29)34-26(36)19-3-1-2-4-20(19)27(34)37/h1-14H,(H,31,33,35)/b23-14-. The zero-order valence-corrected chi connectivity index (χ0v) is 23.9. The van der Waals surface area contributed by atoms with Crippen molar-refractivity contribution in [3.8, 4) is 0 Å². The molecule has 4 heterocycles. The highest BCUT2D eigenvalue weighted by molar-refractivity contribution is 8.18. The first kappa shape index (κ1) is 25.8. The first-order chi connectivity index (χ1) is 19.9. The van der Waals surface area contributed by atoms with E-state index in [0.717, 1.165) is 14.6 Å². The lowest BCUT2D eigenvalue weighted by Gasteiger charge is -2.13. The van der Waals surface area contributed by atoms with Crippen LogP contribution in [0.15, 0.2) is 103 Å². The van der Waals surface area contributed by atoms with E-state index in [1.165, 1.54) is 39.8 Å². The molecule has 2 aromatic heterocycles. The number of nitrogens with zero attached hydrogens (tertiary/aromatic N) is 3. The van der Waals surface area contributed by atoms with Gasteiger partial charge in [0.2, 0.25) is 0 Å². The monoisotopic (exact) mass is 614 g/mol. The van der Waals surface area contributed by atoms with E-state index in [1.807, 2.05) is 6.07 Å². The van der Waals surface area contributed by atoms with Crippen molar-refractivity contribution in [1.29, 1.82) is 0 Å². The molecule has 2 aliphatic heterocycles. The first-order valence-corrected chi connectivity index (χ1v) is 15.0. The average Bonchev–Trinajstić information content (AvgIpc) is 3.72. The van der Waals surface area contributed by atoms with Crippen LogP contribution in [-0.2, 0) is 4.79 Å². The summed E-state index contributed by atoms with van der Waals surface area (Å²) in [5.41, 5.74) is 2.74. The van der Waals surface area contributed by atoms with Gasteiger partial charge < -0.3 is 9.73 Å². The van der Waals surface area contributed by atoms with Gasteiger partial charge in [0.05, 0.1) is 37.6 Å². The lowest BCUT2D eigenvalue weighted by Crippen LogP contribution is -2.29. The molecule has 41 heavy (non-hydrogen) atoms. The number of aromatic nitrogens is 1. The van der Waals surface area contributed by atoms with Gasteiger partial charge in [-0.25, -0.2) is 14.9 Å². The number of amidine groups is 1. The molecular weight excluding hydrogens is 600 g/mol. The minimum absolute atomic E-state index is 0.256. The Bertz CT molecular complexity index is 1930. The van der Waals surface area contributed by atoms with Gasteiger partial charge in [0.1, 0.15) is 5.76 Å². The summed E-state index contributed by atoms with van der Waals surface area (Å²) < 4.78 is 7.51. The largest absolute Gasteiger partial charge is 0.450 e. The second-order valence-corrected chi connectivity index (χ2v) is 12.6. The van der Waals surface area contributed by atoms with Crippen molar-refractivity contribution < 1.29 is 18.8 Å².